The van der Waals surface area contributed by atoms with Crippen LogP contribution in [0.15, 0.2) is 12.2 Å². The van der Waals surface area contributed by atoms with Gasteiger partial charge < -0.3 is 10.2 Å². The van der Waals surface area contributed by atoms with E-state index in [0.29, 0.717) is 0 Å². The Morgan fingerprint density at radius 2 is 1.39 bits per heavy atom. The minimum Gasteiger partial charge on any atom is -0.390 e. The molecule has 0 amide bonds. The highest BCUT2D eigenvalue weighted by Crippen LogP contribution is 2.32. The third kappa shape index (κ3) is 9.52. The van der Waals surface area contributed by atoms with E-state index in [-0.39, 0.29) is 0 Å². The van der Waals surface area contributed by atoms with Crippen LogP contribution in [0.5, 0.6) is 0 Å². The summed E-state index contributed by atoms with van der Waals surface area (Å²) in [6.07, 6.45) is 22.4. The van der Waals surface area contributed by atoms with Crippen LogP contribution in [-0.4, -0.2) is 21.9 Å². The maximum Gasteiger partial charge on any atom is 0.0905 e. The molecule has 0 aromatic heterocycles. The molecule has 1 rings (SSSR count). The van der Waals surface area contributed by atoms with Gasteiger partial charge in [0, 0.05) is 0 Å². The third-order valence-electron chi connectivity index (χ3n) is 5.33. The molecule has 2 heteroatoms. The van der Waals surface area contributed by atoms with Crippen molar-refractivity contribution in [1.82, 2.24) is 0 Å². The molecule has 23 heavy (non-hydrogen) atoms. The number of aliphatic hydroxyl groups excluding tert-OH is 1. The highest BCUT2D eigenvalue weighted by molar-refractivity contribution is 4.89. The molecule has 1 saturated carbocycles. The van der Waals surface area contributed by atoms with Crippen LogP contribution in [-0.2, 0) is 0 Å². The Morgan fingerprint density at radius 1 is 0.826 bits per heavy atom. The van der Waals surface area contributed by atoms with Crippen LogP contribution < -0.4 is 0 Å². The summed E-state index contributed by atoms with van der Waals surface area (Å²) in [5.74, 6) is 0. The number of unbranched alkanes of at least 4 members (excludes halogenated alkanes) is 8. The average molecular weight is 325 g/mol. The summed E-state index contributed by atoms with van der Waals surface area (Å²) in [6.45, 7) is 2.26. The molecule has 1 atom stereocenters. The van der Waals surface area contributed by atoms with E-state index in [9.17, 15) is 10.2 Å². The summed E-state index contributed by atoms with van der Waals surface area (Å²) < 4.78 is 0. The van der Waals surface area contributed by atoms with Crippen molar-refractivity contribution in [3.8, 4) is 0 Å². The third-order valence-corrected chi connectivity index (χ3v) is 5.33. The van der Waals surface area contributed by atoms with E-state index in [0.717, 1.165) is 51.4 Å². The van der Waals surface area contributed by atoms with Gasteiger partial charge in [-0.25, -0.2) is 0 Å². The van der Waals surface area contributed by atoms with Crippen LogP contribution in [0.3, 0.4) is 0 Å². The van der Waals surface area contributed by atoms with Crippen molar-refractivity contribution in [1.29, 1.82) is 0 Å². The first kappa shape index (κ1) is 20.7. The molecule has 0 spiro atoms. The lowest BCUT2D eigenvalue weighted by atomic mass is 9.79. The summed E-state index contributed by atoms with van der Waals surface area (Å²) >= 11 is 0. The van der Waals surface area contributed by atoms with Crippen LogP contribution in [0, 0.1) is 0 Å². The zero-order valence-corrected chi connectivity index (χ0v) is 15.4. The first-order valence-electron chi connectivity index (χ1n) is 10.2. The van der Waals surface area contributed by atoms with Gasteiger partial charge >= 0.3 is 0 Å². The highest BCUT2D eigenvalue weighted by Gasteiger charge is 2.36. The van der Waals surface area contributed by atoms with E-state index in [2.05, 4.69) is 19.1 Å². The monoisotopic (exact) mass is 324 g/mol. The van der Waals surface area contributed by atoms with Crippen molar-refractivity contribution in [3.05, 3.63) is 12.2 Å². The van der Waals surface area contributed by atoms with E-state index >= 15 is 0 Å². The molecule has 1 fully saturated rings. The van der Waals surface area contributed by atoms with E-state index in [1.54, 1.807) is 0 Å². The second kappa shape index (κ2) is 13.0. The van der Waals surface area contributed by atoms with Crippen LogP contribution in [0.1, 0.15) is 110 Å². The van der Waals surface area contributed by atoms with Crippen LogP contribution >= 0.6 is 0 Å². The second-order valence-electron chi connectivity index (χ2n) is 7.49. The molecular weight excluding hydrogens is 284 g/mol. The fraction of sp³-hybridized carbons (Fsp3) is 0.905. The van der Waals surface area contributed by atoms with Gasteiger partial charge in [0.1, 0.15) is 0 Å². The van der Waals surface area contributed by atoms with Gasteiger partial charge in [-0.05, 0) is 44.9 Å². The largest absolute Gasteiger partial charge is 0.390 e. The zero-order chi connectivity index (χ0) is 16.8. The molecule has 1 aliphatic rings. The molecule has 2 N–H and O–H groups in total. The lowest BCUT2D eigenvalue weighted by molar-refractivity contribution is -0.100. The lowest BCUT2D eigenvalue weighted by Gasteiger charge is -2.36. The van der Waals surface area contributed by atoms with E-state index < -0.39 is 11.7 Å². The molecule has 0 aromatic rings. The second-order valence-corrected chi connectivity index (χ2v) is 7.49. The quantitative estimate of drug-likeness (QED) is 0.326. The van der Waals surface area contributed by atoms with Gasteiger partial charge in [-0.3, -0.25) is 0 Å². The Kier molecular flexibility index (Phi) is 11.7. The summed E-state index contributed by atoms with van der Waals surface area (Å²) in [4.78, 5) is 0. The van der Waals surface area contributed by atoms with E-state index in [1.807, 2.05) is 0 Å². The Bertz CT molecular complexity index is 292. The van der Waals surface area contributed by atoms with Crippen molar-refractivity contribution in [3.63, 3.8) is 0 Å². The number of rotatable bonds is 13. The fourth-order valence-corrected chi connectivity index (χ4v) is 3.64. The van der Waals surface area contributed by atoms with E-state index in [4.69, 9.17) is 0 Å². The number of allylic oxidation sites excluding steroid dienone is 2. The SMILES string of the molecule is CCCCCCCCC=CCCCCC(O)C1(O)CCCCC1. The lowest BCUT2D eigenvalue weighted by Crippen LogP contribution is -2.43. The van der Waals surface area contributed by atoms with Crippen molar-refractivity contribution >= 4 is 0 Å². The topological polar surface area (TPSA) is 40.5 Å². The van der Waals surface area contributed by atoms with Gasteiger partial charge in [0.05, 0.1) is 11.7 Å². The number of hydrogen-bond acceptors (Lipinski definition) is 2. The van der Waals surface area contributed by atoms with Crippen molar-refractivity contribution in [2.45, 2.75) is 121 Å². The molecule has 1 unspecified atom stereocenters. The van der Waals surface area contributed by atoms with Gasteiger partial charge in [-0.2, -0.15) is 0 Å². The average Bonchev–Trinajstić information content (AvgIpc) is 2.56. The molecule has 136 valence electrons. The molecule has 0 bridgehead atoms. The van der Waals surface area contributed by atoms with Crippen LogP contribution in [0.25, 0.3) is 0 Å². The van der Waals surface area contributed by atoms with Crippen molar-refractivity contribution in [2.75, 3.05) is 0 Å². The van der Waals surface area contributed by atoms with Gasteiger partial charge in [-0.1, -0.05) is 76.9 Å². The normalized spacial score (nSPS) is 19.3. The van der Waals surface area contributed by atoms with Crippen molar-refractivity contribution < 1.29 is 10.2 Å². The first-order valence-corrected chi connectivity index (χ1v) is 10.2. The smallest absolute Gasteiger partial charge is 0.0905 e. The first-order chi connectivity index (χ1) is 11.2. The van der Waals surface area contributed by atoms with Gasteiger partial charge in [0.25, 0.3) is 0 Å². The molecule has 0 radical (unpaired) electrons. The number of aliphatic hydroxyl groups is 2. The Hall–Kier alpha value is -0.340. The maximum absolute atomic E-state index is 10.5. The molecular formula is C21H40O2. The standard InChI is InChI=1S/C21H40O2/c1-2-3-4-5-6-7-8-9-10-11-12-14-17-20(22)21(23)18-15-13-16-19-21/h9-10,20,22-23H,2-8,11-19H2,1H3. The predicted molar refractivity (Wildman–Crippen MR) is 99.6 cm³/mol. The minimum atomic E-state index is -0.786. The Balaban J connectivity index is 1.93. The zero-order valence-electron chi connectivity index (χ0n) is 15.4. The number of hydrogen-bond donors (Lipinski definition) is 2. The fourth-order valence-electron chi connectivity index (χ4n) is 3.64. The summed E-state index contributed by atoms with van der Waals surface area (Å²) in [6, 6.07) is 0. The molecule has 0 heterocycles. The van der Waals surface area contributed by atoms with Crippen molar-refractivity contribution in [2.24, 2.45) is 0 Å². The molecule has 0 aliphatic heterocycles. The highest BCUT2D eigenvalue weighted by atomic mass is 16.3. The molecule has 2 nitrogen and oxygen atoms in total. The molecule has 1 aliphatic carbocycles. The summed E-state index contributed by atoms with van der Waals surface area (Å²) in [5.41, 5.74) is -0.786. The van der Waals surface area contributed by atoms with Gasteiger partial charge in [0.2, 0.25) is 0 Å². The Labute approximate surface area is 144 Å². The molecule has 0 saturated heterocycles. The van der Waals surface area contributed by atoms with Crippen LogP contribution in [0.2, 0.25) is 0 Å². The predicted octanol–water partition coefficient (Wildman–Crippen LogP) is 5.91. The Morgan fingerprint density at radius 3 is 2.04 bits per heavy atom. The maximum atomic E-state index is 10.5. The van der Waals surface area contributed by atoms with Gasteiger partial charge in [-0.15, -0.1) is 0 Å². The minimum absolute atomic E-state index is 0.519. The van der Waals surface area contributed by atoms with Gasteiger partial charge in [0.15, 0.2) is 0 Å². The van der Waals surface area contributed by atoms with E-state index in [1.165, 1.54) is 51.4 Å². The summed E-state index contributed by atoms with van der Waals surface area (Å²) in [7, 11) is 0. The van der Waals surface area contributed by atoms with Crippen LogP contribution in [0.4, 0.5) is 0 Å². The summed E-state index contributed by atoms with van der Waals surface area (Å²) in [5, 5.41) is 20.7. The molecule has 0 aromatic carbocycles.